The van der Waals surface area contributed by atoms with Crippen LogP contribution in [0.25, 0.3) is 0 Å². The SMILES string of the molecule is O=C(c1ccc(Cl)cc1Cl)c1c(Cl)cc(O)cc1Cl. The molecule has 0 unspecified atom stereocenters. The number of phenols is 1. The third kappa shape index (κ3) is 2.98. The molecule has 2 aromatic rings. The molecule has 2 nitrogen and oxygen atoms in total. The van der Waals surface area contributed by atoms with E-state index < -0.39 is 5.78 Å². The summed E-state index contributed by atoms with van der Waals surface area (Å²) in [5, 5.41) is 10.1. The smallest absolute Gasteiger partial charge is 0.197 e. The molecule has 2 aromatic carbocycles. The second-order valence-electron chi connectivity index (χ2n) is 3.74. The van der Waals surface area contributed by atoms with E-state index in [-0.39, 0.29) is 31.9 Å². The molecule has 0 aromatic heterocycles. The number of ketones is 1. The molecule has 0 fully saturated rings. The molecule has 0 atom stereocenters. The van der Waals surface area contributed by atoms with Crippen LogP contribution in [0.3, 0.4) is 0 Å². The van der Waals surface area contributed by atoms with Crippen molar-refractivity contribution in [1.82, 2.24) is 0 Å². The minimum Gasteiger partial charge on any atom is -0.508 e. The second kappa shape index (κ2) is 5.59. The Bertz CT molecular complexity index is 645. The van der Waals surface area contributed by atoms with Crippen molar-refractivity contribution in [2.75, 3.05) is 0 Å². The molecule has 1 N–H and O–H groups in total. The molecule has 0 aliphatic heterocycles. The van der Waals surface area contributed by atoms with Crippen LogP contribution < -0.4 is 0 Å². The van der Waals surface area contributed by atoms with Crippen LogP contribution in [-0.2, 0) is 0 Å². The number of hydrogen-bond acceptors (Lipinski definition) is 2. The van der Waals surface area contributed by atoms with Crippen molar-refractivity contribution >= 4 is 52.2 Å². The van der Waals surface area contributed by atoms with Crippen LogP contribution in [0.1, 0.15) is 15.9 Å². The summed E-state index contributed by atoms with van der Waals surface area (Å²) >= 11 is 23.6. The van der Waals surface area contributed by atoms with Crippen molar-refractivity contribution in [2.45, 2.75) is 0 Å². The first-order valence-electron chi connectivity index (χ1n) is 5.08. The number of rotatable bonds is 2. The van der Waals surface area contributed by atoms with Gasteiger partial charge in [0.25, 0.3) is 0 Å². The maximum absolute atomic E-state index is 12.4. The number of aromatic hydroxyl groups is 1. The van der Waals surface area contributed by atoms with Gasteiger partial charge in [0.15, 0.2) is 5.78 Å². The van der Waals surface area contributed by atoms with Gasteiger partial charge in [-0.1, -0.05) is 46.4 Å². The summed E-state index contributed by atoms with van der Waals surface area (Å²) in [4.78, 5) is 12.4. The maximum Gasteiger partial charge on any atom is 0.197 e. The van der Waals surface area contributed by atoms with Crippen molar-refractivity contribution < 1.29 is 9.90 Å². The van der Waals surface area contributed by atoms with E-state index in [4.69, 9.17) is 46.4 Å². The van der Waals surface area contributed by atoms with Crippen molar-refractivity contribution in [1.29, 1.82) is 0 Å². The molecule has 0 saturated carbocycles. The summed E-state index contributed by atoms with van der Waals surface area (Å²) < 4.78 is 0. The van der Waals surface area contributed by atoms with Gasteiger partial charge in [-0.3, -0.25) is 4.79 Å². The van der Waals surface area contributed by atoms with Crippen LogP contribution in [-0.4, -0.2) is 10.9 Å². The van der Waals surface area contributed by atoms with E-state index in [2.05, 4.69) is 0 Å². The molecular weight excluding hydrogens is 330 g/mol. The Balaban J connectivity index is 2.56. The molecule has 0 saturated heterocycles. The van der Waals surface area contributed by atoms with Crippen LogP contribution in [0, 0.1) is 0 Å². The fourth-order valence-electron chi connectivity index (χ4n) is 1.58. The largest absolute Gasteiger partial charge is 0.508 e. The predicted octanol–water partition coefficient (Wildman–Crippen LogP) is 5.24. The van der Waals surface area contributed by atoms with Gasteiger partial charge in [-0.15, -0.1) is 0 Å². The molecule has 19 heavy (non-hydrogen) atoms. The predicted molar refractivity (Wildman–Crippen MR) is 78.0 cm³/mol. The molecular formula is C13H6Cl4O2. The highest BCUT2D eigenvalue weighted by Gasteiger charge is 2.20. The zero-order chi connectivity index (χ0) is 14.2. The zero-order valence-electron chi connectivity index (χ0n) is 9.25. The second-order valence-corrected chi connectivity index (χ2v) is 5.40. The molecule has 0 radical (unpaired) electrons. The van der Waals surface area contributed by atoms with E-state index in [1.807, 2.05) is 0 Å². The molecule has 98 valence electrons. The minimum absolute atomic E-state index is 0.0565. The van der Waals surface area contributed by atoms with Gasteiger partial charge in [0.05, 0.1) is 20.6 Å². The van der Waals surface area contributed by atoms with Crippen LogP contribution >= 0.6 is 46.4 Å². The van der Waals surface area contributed by atoms with Gasteiger partial charge in [0.2, 0.25) is 0 Å². The number of phenolic OH excluding ortho intramolecular Hbond substituents is 1. The lowest BCUT2D eigenvalue weighted by Gasteiger charge is -2.08. The molecule has 6 heteroatoms. The number of carbonyl (C=O) groups is 1. The standard InChI is InChI=1S/C13H6Cl4O2/c14-6-1-2-8(9(15)3-6)13(19)12-10(16)4-7(18)5-11(12)17/h1-5,18H. The van der Waals surface area contributed by atoms with Gasteiger partial charge < -0.3 is 5.11 Å². The van der Waals surface area contributed by atoms with E-state index in [9.17, 15) is 9.90 Å². The van der Waals surface area contributed by atoms with Crippen molar-refractivity contribution in [2.24, 2.45) is 0 Å². The Morgan fingerprint density at radius 2 is 1.47 bits per heavy atom. The minimum atomic E-state index is -0.434. The summed E-state index contributed by atoms with van der Waals surface area (Å²) in [7, 11) is 0. The van der Waals surface area contributed by atoms with Crippen LogP contribution in [0.4, 0.5) is 0 Å². The van der Waals surface area contributed by atoms with Crippen LogP contribution in [0.5, 0.6) is 5.75 Å². The first kappa shape index (κ1) is 14.5. The van der Waals surface area contributed by atoms with Gasteiger partial charge in [-0.05, 0) is 30.3 Å². The summed E-state index contributed by atoms with van der Waals surface area (Å²) in [5.74, 6) is -0.551. The average Bonchev–Trinajstić information content (AvgIpc) is 2.26. The number of carbonyl (C=O) groups excluding carboxylic acids is 1. The monoisotopic (exact) mass is 334 g/mol. The Labute approximate surface area is 129 Å². The molecule has 0 heterocycles. The van der Waals surface area contributed by atoms with E-state index in [0.29, 0.717) is 5.02 Å². The summed E-state index contributed by atoms with van der Waals surface area (Å²) in [6.07, 6.45) is 0. The van der Waals surface area contributed by atoms with Gasteiger partial charge in [-0.2, -0.15) is 0 Å². The lowest BCUT2D eigenvalue weighted by Crippen LogP contribution is -2.04. The highest BCUT2D eigenvalue weighted by molar-refractivity contribution is 6.43. The molecule has 2 rings (SSSR count). The molecule has 0 spiro atoms. The summed E-state index contributed by atoms with van der Waals surface area (Å²) in [6, 6.07) is 6.98. The zero-order valence-corrected chi connectivity index (χ0v) is 12.3. The third-order valence-corrected chi connectivity index (χ3v) is 3.57. The van der Waals surface area contributed by atoms with E-state index in [0.717, 1.165) is 0 Å². The molecule has 0 aliphatic rings. The van der Waals surface area contributed by atoms with Gasteiger partial charge in [0.1, 0.15) is 5.75 Å². The number of halogens is 4. The quantitative estimate of drug-likeness (QED) is 0.762. The Hall–Kier alpha value is -0.930. The van der Waals surface area contributed by atoms with Crippen molar-refractivity contribution in [3.05, 3.63) is 61.5 Å². The maximum atomic E-state index is 12.4. The molecule has 0 aliphatic carbocycles. The highest BCUT2D eigenvalue weighted by atomic mass is 35.5. The topological polar surface area (TPSA) is 37.3 Å². The van der Waals surface area contributed by atoms with Gasteiger partial charge in [0, 0.05) is 10.6 Å². The van der Waals surface area contributed by atoms with Gasteiger partial charge in [-0.25, -0.2) is 0 Å². The van der Waals surface area contributed by atoms with Crippen LogP contribution in [0.2, 0.25) is 20.1 Å². The number of benzene rings is 2. The first-order chi connectivity index (χ1) is 8.90. The Morgan fingerprint density at radius 1 is 0.895 bits per heavy atom. The van der Waals surface area contributed by atoms with Crippen LogP contribution in [0.15, 0.2) is 30.3 Å². The summed E-state index contributed by atoms with van der Waals surface area (Å²) in [6.45, 7) is 0. The van der Waals surface area contributed by atoms with Crippen molar-refractivity contribution in [3.8, 4) is 5.75 Å². The van der Waals surface area contributed by atoms with E-state index in [1.165, 1.54) is 24.3 Å². The van der Waals surface area contributed by atoms with Gasteiger partial charge >= 0.3 is 0 Å². The fraction of sp³-hybridized carbons (Fsp3) is 0. The highest BCUT2D eigenvalue weighted by Crippen LogP contribution is 2.33. The lowest BCUT2D eigenvalue weighted by atomic mass is 10.0. The Kier molecular flexibility index (Phi) is 4.26. The lowest BCUT2D eigenvalue weighted by molar-refractivity contribution is 0.103. The third-order valence-electron chi connectivity index (χ3n) is 2.43. The average molecular weight is 336 g/mol. The molecule has 0 bridgehead atoms. The van der Waals surface area contributed by atoms with E-state index in [1.54, 1.807) is 6.07 Å². The fourth-order valence-corrected chi connectivity index (χ4v) is 2.73. The van der Waals surface area contributed by atoms with Crippen molar-refractivity contribution in [3.63, 3.8) is 0 Å². The first-order valence-corrected chi connectivity index (χ1v) is 6.59. The summed E-state index contributed by atoms with van der Waals surface area (Å²) in [5.41, 5.74) is 0.325. The Morgan fingerprint density at radius 3 is 2.00 bits per heavy atom. The number of hydrogen-bond donors (Lipinski definition) is 1. The van der Waals surface area contributed by atoms with E-state index >= 15 is 0 Å². The molecule has 0 amide bonds. The normalized spacial score (nSPS) is 10.5.